The molecule has 0 aromatic heterocycles. The number of aliphatic hydroxyl groups is 1. The Balaban J connectivity index is 1.84. The van der Waals surface area contributed by atoms with Crippen LogP contribution in [-0.2, 0) is 19.1 Å². The number of anilines is 1. The summed E-state index contributed by atoms with van der Waals surface area (Å²) in [7, 11) is 0. The van der Waals surface area contributed by atoms with Gasteiger partial charge >= 0.3 is 0 Å². The van der Waals surface area contributed by atoms with E-state index in [1.807, 2.05) is 32.9 Å². The first-order valence-electron chi connectivity index (χ1n) is 15.2. The van der Waals surface area contributed by atoms with Crippen LogP contribution in [0.15, 0.2) is 43.5 Å². The fourth-order valence-corrected chi connectivity index (χ4v) is 7.98. The summed E-state index contributed by atoms with van der Waals surface area (Å²) in [6.45, 7) is 17.2. The summed E-state index contributed by atoms with van der Waals surface area (Å²) in [5, 5.41) is 9.77. The number of hydrogen-bond donors (Lipinski definition) is 1. The second kappa shape index (κ2) is 12.9. The maximum atomic E-state index is 14.8. The Morgan fingerprint density at radius 2 is 1.90 bits per heavy atom. The van der Waals surface area contributed by atoms with Gasteiger partial charge in [0.2, 0.25) is 11.8 Å². The molecule has 0 saturated carbocycles. The largest absolute Gasteiger partial charge is 0.396 e. The molecule has 42 heavy (non-hydrogen) atoms. The predicted molar refractivity (Wildman–Crippen MR) is 165 cm³/mol. The van der Waals surface area contributed by atoms with Crippen LogP contribution in [-0.4, -0.2) is 82.7 Å². The number of amides is 3. The van der Waals surface area contributed by atoms with Crippen LogP contribution >= 0.6 is 11.6 Å². The van der Waals surface area contributed by atoms with E-state index in [0.717, 1.165) is 12.0 Å². The van der Waals surface area contributed by atoms with Crippen molar-refractivity contribution >= 4 is 35.0 Å². The molecule has 3 unspecified atom stereocenters. The Labute approximate surface area is 255 Å². The van der Waals surface area contributed by atoms with Crippen molar-refractivity contribution in [2.75, 3.05) is 37.7 Å². The Bertz CT molecular complexity index is 1200. The van der Waals surface area contributed by atoms with Gasteiger partial charge in [0.15, 0.2) is 0 Å². The summed E-state index contributed by atoms with van der Waals surface area (Å²) in [5.74, 6) is -2.17. The van der Waals surface area contributed by atoms with Gasteiger partial charge < -0.3 is 24.5 Å². The van der Waals surface area contributed by atoms with Crippen LogP contribution < -0.4 is 4.90 Å². The molecule has 0 aliphatic carbocycles. The second-order valence-corrected chi connectivity index (χ2v) is 12.6. The van der Waals surface area contributed by atoms with Crippen LogP contribution in [0.5, 0.6) is 0 Å². The van der Waals surface area contributed by atoms with Gasteiger partial charge in [-0.1, -0.05) is 49.7 Å². The molecular weight excluding hydrogens is 554 g/mol. The smallest absolute Gasteiger partial charge is 0.253 e. The highest BCUT2D eigenvalue weighted by Gasteiger charge is 2.80. The van der Waals surface area contributed by atoms with Crippen molar-refractivity contribution in [2.45, 2.75) is 77.0 Å². The highest BCUT2D eigenvalue weighted by atomic mass is 35.5. The average molecular weight is 600 g/mol. The van der Waals surface area contributed by atoms with Crippen LogP contribution in [0, 0.1) is 24.7 Å². The fourth-order valence-electron chi connectivity index (χ4n) is 7.65. The molecule has 3 aliphatic rings. The number of para-hydroxylation sites is 1. The van der Waals surface area contributed by atoms with Crippen molar-refractivity contribution in [2.24, 2.45) is 17.8 Å². The molecule has 8 nitrogen and oxygen atoms in total. The monoisotopic (exact) mass is 599 g/mol. The minimum Gasteiger partial charge on any atom is -0.396 e. The van der Waals surface area contributed by atoms with Crippen molar-refractivity contribution in [1.82, 2.24) is 9.80 Å². The van der Waals surface area contributed by atoms with E-state index in [9.17, 15) is 19.5 Å². The molecular formula is C33H46ClN3O5. The van der Waals surface area contributed by atoms with Gasteiger partial charge in [-0.25, -0.2) is 0 Å². The number of unbranched alkanes of at least 4 members (excludes halogenated alkanes) is 2. The first kappa shape index (κ1) is 32.2. The number of halogens is 1. The van der Waals surface area contributed by atoms with Crippen molar-refractivity contribution < 1.29 is 24.2 Å². The standard InChI is InChI=1S/C33H46ClN3O5/c1-7-16-35(17-8-2)29(39)25-26-30(40)37(19-11-10-12-20-38)28(33(26)21-23(5)32(25,6)42-33)31(41)36(18-9-3)27-22(4)14-13-15-24(27)34/h7,9,13-15,23,25-26,28,38H,1,3,8,10-12,16-21H2,2,4-6H3/t23?,25-,26+,28?,32+,33?/m1/s1. The van der Waals surface area contributed by atoms with E-state index in [4.69, 9.17) is 16.3 Å². The minimum atomic E-state index is -1.15. The third-order valence-electron chi connectivity index (χ3n) is 9.56. The van der Waals surface area contributed by atoms with Crippen LogP contribution in [0.4, 0.5) is 5.69 Å². The lowest BCUT2D eigenvalue weighted by Gasteiger charge is -2.39. The molecule has 3 fully saturated rings. The summed E-state index contributed by atoms with van der Waals surface area (Å²) in [5.41, 5.74) is -0.637. The summed E-state index contributed by atoms with van der Waals surface area (Å²) in [6, 6.07) is 4.55. The van der Waals surface area contributed by atoms with Gasteiger partial charge in [0, 0.05) is 32.8 Å². The van der Waals surface area contributed by atoms with E-state index in [1.54, 1.807) is 32.9 Å². The quantitative estimate of drug-likeness (QED) is 0.246. The van der Waals surface area contributed by atoms with Crippen LogP contribution in [0.25, 0.3) is 0 Å². The fraction of sp³-hybridized carbons (Fsp3) is 0.606. The minimum absolute atomic E-state index is 0.0535. The van der Waals surface area contributed by atoms with E-state index in [-0.39, 0.29) is 36.8 Å². The third-order valence-corrected chi connectivity index (χ3v) is 9.87. The number of fused-ring (bicyclic) bond motifs is 1. The molecule has 2 bridgehead atoms. The van der Waals surface area contributed by atoms with Crippen LogP contribution in [0.3, 0.4) is 0 Å². The molecule has 1 aromatic rings. The average Bonchev–Trinajstić information content (AvgIpc) is 3.46. The third kappa shape index (κ3) is 5.20. The maximum Gasteiger partial charge on any atom is 0.253 e. The molecule has 0 radical (unpaired) electrons. The molecule has 3 heterocycles. The Hall–Kier alpha value is -2.68. The number of carbonyl (C=O) groups is 3. The zero-order chi connectivity index (χ0) is 30.8. The van der Waals surface area contributed by atoms with Crippen molar-refractivity contribution in [3.63, 3.8) is 0 Å². The Morgan fingerprint density at radius 3 is 2.52 bits per heavy atom. The van der Waals surface area contributed by atoms with E-state index in [1.165, 1.54) is 0 Å². The number of likely N-dealkylation sites (tertiary alicyclic amines) is 1. The Morgan fingerprint density at radius 1 is 1.19 bits per heavy atom. The number of carbonyl (C=O) groups excluding carboxylic acids is 3. The summed E-state index contributed by atoms with van der Waals surface area (Å²) >= 11 is 6.66. The highest BCUT2D eigenvalue weighted by Crippen LogP contribution is 2.65. The van der Waals surface area contributed by atoms with Gasteiger partial charge in [-0.05, 0) is 63.5 Å². The normalized spacial score (nSPS) is 29.5. The van der Waals surface area contributed by atoms with Crippen LogP contribution in [0.1, 0.15) is 58.4 Å². The number of aliphatic hydroxyl groups excluding tert-OH is 1. The highest BCUT2D eigenvalue weighted by molar-refractivity contribution is 6.34. The summed E-state index contributed by atoms with van der Waals surface area (Å²) < 4.78 is 6.93. The first-order valence-corrected chi connectivity index (χ1v) is 15.6. The molecule has 1 N–H and O–H groups in total. The molecule has 230 valence electrons. The second-order valence-electron chi connectivity index (χ2n) is 12.2. The predicted octanol–water partition coefficient (Wildman–Crippen LogP) is 4.77. The van der Waals surface area contributed by atoms with Gasteiger partial charge in [-0.15, -0.1) is 13.2 Å². The van der Waals surface area contributed by atoms with Gasteiger partial charge in [0.25, 0.3) is 5.91 Å². The lowest BCUT2D eigenvalue weighted by atomic mass is 9.62. The topological polar surface area (TPSA) is 90.4 Å². The number of rotatable bonds is 14. The van der Waals surface area contributed by atoms with Crippen LogP contribution in [0.2, 0.25) is 5.02 Å². The van der Waals surface area contributed by atoms with Gasteiger partial charge in [-0.2, -0.15) is 0 Å². The molecule has 1 spiro atoms. The van der Waals surface area contributed by atoms with E-state index in [0.29, 0.717) is 56.0 Å². The molecule has 6 atom stereocenters. The van der Waals surface area contributed by atoms with Gasteiger partial charge in [0.1, 0.15) is 11.6 Å². The number of hydrogen-bond acceptors (Lipinski definition) is 5. The number of aryl methyl sites for hydroxylation is 1. The number of ether oxygens (including phenoxy) is 1. The van der Waals surface area contributed by atoms with Gasteiger partial charge in [0.05, 0.1) is 28.1 Å². The Kier molecular flexibility index (Phi) is 9.90. The zero-order valence-electron chi connectivity index (χ0n) is 25.5. The van der Waals surface area contributed by atoms with E-state index < -0.39 is 29.1 Å². The molecule has 3 aliphatic heterocycles. The molecule has 3 saturated heterocycles. The van der Waals surface area contributed by atoms with E-state index >= 15 is 0 Å². The summed E-state index contributed by atoms with van der Waals surface area (Å²) in [4.78, 5) is 48.6. The van der Waals surface area contributed by atoms with Crippen molar-refractivity contribution in [1.29, 1.82) is 0 Å². The molecule has 9 heteroatoms. The lowest BCUT2D eigenvalue weighted by Crippen LogP contribution is -2.57. The lowest BCUT2D eigenvalue weighted by molar-refractivity contribution is -0.151. The first-order chi connectivity index (χ1) is 20.0. The molecule has 1 aromatic carbocycles. The van der Waals surface area contributed by atoms with E-state index in [2.05, 4.69) is 20.1 Å². The number of nitrogens with zero attached hydrogens (tertiary/aromatic N) is 3. The van der Waals surface area contributed by atoms with Crippen molar-refractivity contribution in [3.8, 4) is 0 Å². The number of benzene rings is 1. The van der Waals surface area contributed by atoms with Crippen molar-refractivity contribution in [3.05, 3.63) is 54.1 Å². The maximum absolute atomic E-state index is 14.8. The zero-order valence-corrected chi connectivity index (χ0v) is 26.2. The molecule has 4 rings (SSSR count). The SMILES string of the molecule is C=CCN(CCC)C(=O)[C@H]1[C@H]2C(=O)N(CCCCCO)C(C(=O)N(CC=C)c3c(C)cccc3Cl)C23CC(C)[C@]1(C)O3. The summed E-state index contributed by atoms with van der Waals surface area (Å²) in [6.07, 6.45) is 6.56. The van der Waals surface area contributed by atoms with Gasteiger partial charge in [-0.3, -0.25) is 14.4 Å². The molecule has 3 amide bonds.